The van der Waals surface area contributed by atoms with Crippen LogP contribution in [0.5, 0.6) is 0 Å². The van der Waals surface area contributed by atoms with Gasteiger partial charge < -0.3 is 10.2 Å². The summed E-state index contributed by atoms with van der Waals surface area (Å²) in [4.78, 5) is 14.0. The van der Waals surface area contributed by atoms with Crippen molar-refractivity contribution < 1.29 is 4.79 Å². The normalized spacial score (nSPS) is 15.5. The largest absolute Gasteiger partial charge is 0.343 e. The average Bonchev–Trinajstić information content (AvgIpc) is 2.99. The van der Waals surface area contributed by atoms with Crippen molar-refractivity contribution in [1.82, 2.24) is 20.4 Å². The number of carbonyl (C=O) groups is 1. The molecule has 2 N–H and O–H groups in total. The van der Waals surface area contributed by atoms with Gasteiger partial charge >= 0.3 is 0 Å². The zero-order chi connectivity index (χ0) is 16.6. The summed E-state index contributed by atoms with van der Waals surface area (Å²) >= 11 is 0. The molecule has 0 aliphatic carbocycles. The van der Waals surface area contributed by atoms with E-state index in [-0.39, 0.29) is 0 Å². The third kappa shape index (κ3) is 4.45. The molecule has 5 nitrogen and oxygen atoms in total. The van der Waals surface area contributed by atoms with E-state index in [9.17, 15) is 4.79 Å². The van der Waals surface area contributed by atoms with E-state index < -0.39 is 0 Å². The third-order valence-corrected chi connectivity index (χ3v) is 4.55. The lowest BCUT2D eigenvalue weighted by Crippen LogP contribution is -2.32. The Labute approximate surface area is 143 Å². The summed E-state index contributed by atoms with van der Waals surface area (Å²) in [5.74, 6) is 0.327. The first-order chi connectivity index (χ1) is 11.8. The molecule has 0 radical (unpaired) electrons. The van der Waals surface area contributed by atoms with Gasteiger partial charge in [0.25, 0.3) is 0 Å². The van der Waals surface area contributed by atoms with Crippen LogP contribution in [0.3, 0.4) is 0 Å². The molecule has 0 saturated carbocycles. The summed E-state index contributed by atoms with van der Waals surface area (Å²) in [6, 6.07) is 10.3. The Morgan fingerprint density at radius 1 is 1.17 bits per heavy atom. The van der Waals surface area contributed by atoms with E-state index in [1.165, 1.54) is 12.0 Å². The Kier molecular flexibility index (Phi) is 6.01. The highest BCUT2D eigenvalue weighted by molar-refractivity contribution is 5.76. The molecular formula is C19H26N4O. The van der Waals surface area contributed by atoms with Crippen LogP contribution in [-0.2, 0) is 11.3 Å². The topological polar surface area (TPSA) is 61.0 Å². The highest BCUT2D eigenvalue weighted by Crippen LogP contribution is 2.20. The first kappa shape index (κ1) is 16.7. The van der Waals surface area contributed by atoms with Gasteiger partial charge in [-0.15, -0.1) is 0 Å². The van der Waals surface area contributed by atoms with E-state index in [1.54, 1.807) is 0 Å². The van der Waals surface area contributed by atoms with Crippen molar-refractivity contribution in [2.24, 2.45) is 0 Å². The first-order valence-electron chi connectivity index (χ1n) is 8.91. The predicted molar refractivity (Wildman–Crippen MR) is 95.4 cm³/mol. The zero-order valence-electron chi connectivity index (χ0n) is 14.1. The van der Waals surface area contributed by atoms with Crippen LogP contribution in [0.25, 0.3) is 11.3 Å². The van der Waals surface area contributed by atoms with Gasteiger partial charge in [-0.3, -0.25) is 9.89 Å². The minimum atomic E-state index is 0.327. The first-order valence-corrected chi connectivity index (χ1v) is 8.91. The van der Waals surface area contributed by atoms with Crippen molar-refractivity contribution in [1.29, 1.82) is 0 Å². The van der Waals surface area contributed by atoms with Crippen molar-refractivity contribution in [2.75, 3.05) is 19.6 Å². The van der Waals surface area contributed by atoms with Crippen LogP contribution in [0.15, 0.2) is 36.5 Å². The SMILES string of the molecule is O=C1CCCCCN1CCCNCc1cn[nH]c1-c1ccccc1. The predicted octanol–water partition coefficient (Wildman–Crippen LogP) is 2.96. The Balaban J connectivity index is 1.43. The zero-order valence-corrected chi connectivity index (χ0v) is 14.1. The molecule has 1 saturated heterocycles. The second-order valence-corrected chi connectivity index (χ2v) is 6.36. The summed E-state index contributed by atoms with van der Waals surface area (Å²) in [5, 5.41) is 10.7. The lowest BCUT2D eigenvalue weighted by molar-refractivity contribution is -0.130. The summed E-state index contributed by atoms with van der Waals surface area (Å²) in [6.07, 6.45) is 6.98. The molecule has 1 aromatic heterocycles. The second-order valence-electron chi connectivity index (χ2n) is 6.36. The number of nitrogens with one attached hydrogen (secondary N) is 2. The number of likely N-dealkylation sites (tertiary alicyclic amines) is 1. The molecule has 0 spiro atoms. The molecule has 0 unspecified atom stereocenters. The lowest BCUT2D eigenvalue weighted by atomic mass is 10.1. The van der Waals surface area contributed by atoms with Gasteiger partial charge in [0.1, 0.15) is 0 Å². The molecule has 1 aromatic carbocycles. The molecular weight excluding hydrogens is 300 g/mol. The molecule has 1 aliphatic heterocycles. The van der Waals surface area contributed by atoms with Gasteiger partial charge in [0, 0.05) is 31.6 Å². The van der Waals surface area contributed by atoms with E-state index in [0.29, 0.717) is 5.91 Å². The van der Waals surface area contributed by atoms with Gasteiger partial charge in [-0.25, -0.2) is 0 Å². The Morgan fingerprint density at radius 3 is 2.92 bits per heavy atom. The quantitative estimate of drug-likeness (QED) is 0.769. The van der Waals surface area contributed by atoms with Crippen molar-refractivity contribution >= 4 is 5.91 Å². The lowest BCUT2D eigenvalue weighted by Gasteiger charge is -2.20. The fourth-order valence-electron chi connectivity index (χ4n) is 3.19. The Morgan fingerprint density at radius 2 is 2.04 bits per heavy atom. The maximum absolute atomic E-state index is 12.0. The highest BCUT2D eigenvalue weighted by atomic mass is 16.2. The molecule has 2 heterocycles. The van der Waals surface area contributed by atoms with Crippen molar-refractivity contribution in [3.8, 4) is 11.3 Å². The van der Waals surface area contributed by atoms with E-state index in [0.717, 1.165) is 63.1 Å². The molecule has 5 heteroatoms. The van der Waals surface area contributed by atoms with Crippen LogP contribution >= 0.6 is 0 Å². The number of H-pyrrole nitrogens is 1. The van der Waals surface area contributed by atoms with E-state index in [1.807, 2.05) is 29.3 Å². The molecule has 0 atom stereocenters. The maximum Gasteiger partial charge on any atom is 0.222 e. The van der Waals surface area contributed by atoms with Crippen LogP contribution in [-0.4, -0.2) is 40.6 Å². The number of nitrogens with zero attached hydrogens (tertiary/aromatic N) is 2. The number of hydrogen-bond donors (Lipinski definition) is 2. The Hall–Kier alpha value is -2.14. The number of hydrogen-bond acceptors (Lipinski definition) is 3. The molecule has 24 heavy (non-hydrogen) atoms. The fourth-order valence-corrected chi connectivity index (χ4v) is 3.19. The van der Waals surface area contributed by atoms with Crippen LogP contribution in [0, 0.1) is 0 Å². The average molecular weight is 326 g/mol. The smallest absolute Gasteiger partial charge is 0.222 e. The maximum atomic E-state index is 12.0. The van der Waals surface area contributed by atoms with Crippen LogP contribution in [0.1, 0.15) is 37.7 Å². The molecule has 3 rings (SSSR count). The summed E-state index contributed by atoms with van der Waals surface area (Å²) in [7, 11) is 0. The van der Waals surface area contributed by atoms with Gasteiger partial charge in [-0.05, 0) is 31.4 Å². The fraction of sp³-hybridized carbons (Fsp3) is 0.474. The van der Waals surface area contributed by atoms with Crippen LogP contribution < -0.4 is 5.32 Å². The van der Waals surface area contributed by atoms with Gasteiger partial charge in [0.2, 0.25) is 5.91 Å². The molecule has 1 aliphatic rings. The van der Waals surface area contributed by atoms with Crippen LogP contribution in [0.4, 0.5) is 0 Å². The monoisotopic (exact) mass is 326 g/mol. The van der Waals surface area contributed by atoms with Crippen molar-refractivity contribution in [3.05, 3.63) is 42.1 Å². The number of carbonyl (C=O) groups excluding carboxylic acids is 1. The van der Waals surface area contributed by atoms with E-state index >= 15 is 0 Å². The Bertz CT molecular complexity index is 638. The number of benzene rings is 1. The number of rotatable bonds is 7. The molecule has 128 valence electrons. The van der Waals surface area contributed by atoms with Gasteiger partial charge in [0.05, 0.1) is 11.9 Å². The van der Waals surface area contributed by atoms with Crippen LogP contribution in [0.2, 0.25) is 0 Å². The summed E-state index contributed by atoms with van der Waals surface area (Å²) < 4.78 is 0. The summed E-state index contributed by atoms with van der Waals surface area (Å²) in [6.45, 7) is 3.49. The molecule has 1 fully saturated rings. The van der Waals surface area contributed by atoms with Gasteiger partial charge in [0.15, 0.2) is 0 Å². The minimum absolute atomic E-state index is 0.327. The minimum Gasteiger partial charge on any atom is -0.343 e. The standard InChI is InChI=1S/C19H26N4O/c24-18-10-5-2-6-12-23(18)13-7-11-20-14-17-15-21-22-19(17)16-8-3-1-4-9-16/h1,3-4,8-9,15,20H,2,5-7,10-14H2,(H,21,22). The molecule has 0 bridgehead atoms. The number of amides is 1. The summed E-state index contributed by atoms with van der Waals surface area (Å²) in [5.41, 5.74) is 3.40. The molecule has 2 aromatic rings. The third-order valence-electron chi connectivity index (χ3n) is 4.55. The number of aromatic nitrogens is 2. The molecule has 1 amide bonds. The highest BCUT2D eigenvalue weighted by Gasteiger charge is 2.15. The second kappa shape index (κ2) is 8.64. The van der Waals surface area contributed by atoms with E-state index in [2.05, 4.69) is 27.6 Å². The van der Waals surface area contributed by atoms with Gasteiger partial charge in [-0.1, -0.05) is 36.8 Å². The van der Waals surface area contributed by atoms with Gasteiger partial charge in [-0.2, -0.15) is 5.10 Å². The van der Waals surface area contributed by atoms with Crippen molar-refractivity contribution in [3.63, 3.8) is 0 Å². The van der Waals surface area contributed by atoms with E-state index in [4.69, 9.17) is 0 Å². The van der Waals surface area contributed by atoms with Crippen molar-refractivity contribution in [2.45, 2.75) is 38.6 Å². The number of aromatic amines is 1.